The van der Waals surface area contributed by atoms with Crippen molar-refractivity contribution < 1.29 is 28.1 Å². The van der Waals surface area contributed by atoms with E-state index in [9.17, 15) is 13.6 Å². The minimum Gasteiger partial charge on any atom is -0.490 e. The Balaban J connectivity index is 1.42. The van der Waals surface area contributed by atoms with Gasteiger partial charge in [0.05, 0.1) is 23.3 Å². The molecule has 0 saturated heterocycles. The van der Waals surface area contributed by atoms with Gasteiger partial charge < -0.3 is 14.6 Å². The highest BCUT2D eigenvalue weighted by Crippen LogP contribution is 2.33. The van der Waals surface area contributed by atoms with E-state index in [0.29, 0.717) is 34.0 Å². The maximum atomic E-state index is 12.2. The van der Waals surface area contributed by atoms with E-state index >= 15 is 0 Å². The fourth-order valence-corrected chi connectivity index (χ4v) is 4.13. The van der Waals surface area contributed by atoms with Gasteiger partial charge in [-0.15, -0.1) is 0 Å². The fraction of sp³-hybridized carbons (Fsp3) is 0.120. The number of ether oxygens (including phenoxy) is 2. The third-order valence-corrected chi connectivity index (χ3v) is 5.70. The Morgan fingerprint density at radius 1 is 0.912 bits per heavy atom. The van der Waals surface area contributed by atoms with E-state index in [1.165, 1.54) is 4.31 Å². The lowest BCUT2D eigenvalue weighted by molar-refractivity contribution is -0.136. The van der Waals surface area contributed by atoms with Crippen LogP contribution in [0, 0.1) is 0 Å². The lowest BCUT2D eigenvalue weighted by atomic mass is 10.1. The van der Waals surface area contributed by atoms with Gasteiger partial charge in [-0.25, -0.2) is 8.51 Å². The molecule has 174 valence electrons. The molecule has 2 N–H and O–H groups in total. The summed E-state index contributed by atoms with van der Waals surface area (Å²) in [5.74, 6) is 0.143. The lowest BCUT2D eigenvalue weighted by Crippen LogP contribution is -2.19. The van der Waals surface area contributed by atoms with Crippen molar-refractivity contribution in [3.63, 3.8) is 0 Å². The van der Waals surface area contributed by atoms with Crippen molar-refractivity contribution in [3.05, 3.63) is 90.6 Å². The molecule has 4 aromatic rings. The molecule has 0 spiro atoms. The number of benzene rings is 3. The molecular weight excluding hydrogens is 456 g/mol. The van der Waals surface area contributed by atoms with Crippen LogP contribution in [0.4, 0.5) is 11.4 Å². The Bertz CT molecular complexity index is 1310. The first-order chi connectivity index (χ1) is 16.5. The number of carboxylic acids is 1. The predicted octanol–water partition coefficient (Wildman–Crippen LogP) is 4.59. The summed E-state index contributed by atoms with van der Waals surface area (Å²) < 4.78 is 34.9. The molecule has 9 heteroatoms. The Kier molecular flexibility index (Phi) is 7.36. The zero-order valence-electron chi connectivity index (χ0n) is 18.0. The highest BCUT2D eigenvalue weighted by Gasteiger charge is 2.18. The van der Waals surface area contributed by atoms with Gasteiger partial charge in [-0.1, -0.05) is 36.4 Å². The molecule has 1 aromatic heterocycles. The van der Waals surface area contributed by atoms with Crippen LogP contribution in [0.5, 0.6) is 11.5 Å². The number of carbonyl (C=O) groups is 1. The van der Waals surface area contributed by atoms with E-state index in [-0.39, 0.29) is 19.6 Å². The van der Waals surface area contributed by atoms with Crippen LogP contribution in [0.3, 0.4) is 0 Å². The zero-order chi connectivity index (χ0) is 23.9. The van der Waals surface area contributed by atoms with Crippen LogP contribution in [0.15, 0.2) is 85.1 Å². The SMILES string of the molecule is O=C(O)Cc1ccccc1OCCOc1ccc(N(c2cccc3cccnc23)S(=O)O)cc1. The number of anilines is 2. The number of para-hydroxylation sites is 2. The summed E-state index contributed by atoms with van der Waals surface area (Å²) in [7, 11) is 0. The van der Waals surface area contributed by atoms with Crippen molar-refractivity contribution in [2.75, 3.05) is 17.5 Å². The number of hydrogen-bond donors (Lipinski definition) is 2. The van der Waals surface area contributed by atoms with Crippen LogP contribution < -0.4 is 13.8 Å². The number of aromatic nitrogens is 1. The van der Waals surface area contributed by atoms with Gasteiger partial charge in [-0.05, 0) is 42.5 Å². The first-order valence-corrected chi connectivity index (χ1v) is 11.5. The third-order valence-electron chi connectivity index (χ3n) is 4.98. The summed E-state index contributed by atoms with van der Waals surface area (Å²) in [4.78, 5) is 15.4. The number of aliphatic carboxylic acids is 1. The van der Waals surface area contributed by atoms with Crippen LogP contribution in [0.25, 0.3) is 10.9 Å². The maximum absolute atomic E-state index is 12.2. The van der Waals surface area contributed by atoms with Crippen LogP contribution in [-0.2, 0) is 22.5 Å². The van der Waals surface area contributed by atoms with Gasteiger partial charge in [0.1, 0.15) is 24.7 Å². The summed E-state index contributed by atoms with van der Waals surface area (Å²) in [6, 6.07) is 22.9. The molecule has 1 atom stereocenters. The number of hydrogen-bond acceptors (Lipinski definition) is 5. The Hall–Kier alpha value is -3.95. The van der Waals surface area contributed by atoms with Crippen molar-refractivity contribution in [1.29, 1.82) is 0 Å². The molecular formula is C25H22N2O6S. The standard InChI is InChI=1S/C25H22N2O6S/c28-24(29)17-19-5-1-2-9-23(19)33-16-15-32-21-12-10-20(11-13-21)27(34(30)31)22-8-3-6-18-7-4-14-26-25(18)22/h1-14H,15-17H2,(H,28,29)(H,30,31). The van der Waals surface area contributed by atoms with Crippen molar-refractivity contribution in [3.8, 4) is 11.5 Å². The molecule has 34 heavy (non-hydrogen) atoms. The molecule has 0 aliphatic carbocycles. The van der Waals surface area contributed by atoms with Crippen LogP contribution in [-0.4, -0.2) is 38.0 Å². The second-order valence-electron chi connectivity index (χ2n) is 7.25. The monoisotopic (exact) mass is 478 g/mol. The zero-order valence-corrected chi connectivity index (χ0v) is 18.9. The second kappa shape index (κ2) is 10.8. The minimum atomic E-state index is -2.31. The number of rotatable bonds is 10. The Labute approximate surface area is 198 Å². The quantitative estimate of drug-likeness (QED) is 0.253. The minimum absolute atomic E-state index is 0.118. The smallest absolute Gasteiger partial charge is 0.307 e. The maximum Gasteiger partial charge on any atom is 0.307 e. The summed E-state index contributed by atoms with van der Waals surface area (Å²) >= 11 is -2.31. The molecule has 0 amide bonds. The molecule has 8 nitrogen and oxygen atoms in total. The van der Waals surface area contributed by atoms with Gasteiger partial charge in [0, 0.05) is 17.1 Å². The number of nitrogens with zero attached hydrogens (tertiary/aromatic N) is 2. The second-order valence-corrected chi connectivity index (χ2v) is 8.07. The molecule has 0 aliphatic heterocycles. The summed E-state index contributed by atoms with van der Waals surface area (Å²) in [5.41, 5.74) is 2.23. The fourth-order valence-electron chi connectivity index (χ4n) is 3.51. The Morgan fingerprint density at radius 3 is 2.41 bits per heavy atom. The summed E-state index contributed by atoms with van der Waals surface area (Å²) in [5, 5.41) is 9.87. The topological polar surface area (TPSA) is 109 Å². The van der Waals surface area contributed by atoms with Crippen molar-refractivity contribution in [2.24, 2.45) is 0 Å². The van der Waals surface area contributed by atoms with Gasteiger partial charge in [-0.3, -0.25) is 14.3 Å². The van der Waals surface area contributed by atoms with Gasteiger partial charge in [0.15, 0.2) is 0 Å². The predicted molar refractivity (Wildman–Crippen MR) is 130 cm³/mol. The molecule has 0 radical (unpaired) electrons. The van der Waals surface area contributed by atoms with Gasteiger partial charge in [0.25, 0.3) is 11.3 Å². The molecule has 0 aliphatic rings. The van der Waals surface area contributed by atoms with E-state index in [2.05, 4.69) is 4.98 Å². The summed E-state index contributed by atoms with van der Waals surface area (Å²) in [6.07, 6.45) is 1.52. The van der Waals surface area contributed by atoms with E-state index < -0.39 is 17.2 Å². The van der Waals surface area contributed by atoms with Crippen molar-refractivity contribution in [1.82, 2.24) is 4.98 Å². The third kappa shape index (κ3) is 5.51. The summed E-state index contributed by atoms with van der Waals surface area (Å²) in [6.45, 7) is 0.469. The first-order valence-electron chi connectivity index (χ1n) is 10.4. The van der Waals surface area contributed by atoms with Gasteiger partial charge in [-0.2, -0.15) is 0 Å². The van der Waals surface area contributed by atoms with Crippen LogP contribution in [0.1, 0.15) is 5.56 Å². The molecule has 1 unspecified atom stereocenters. The number of fused-ring (bicyclic) bond motifs is 1. The van der Waals surface area contributed by atoms with E-state index in [1.807, 2.05) is 24.3 Å². The average molecular weight is 479 g/mol. The van der Waals surface area contributed by atoms with Gasteiger partial charge in [0.2, 0.25) is 0 Å². The van der Waals surface area contributed by atoms with Crippen molar-refractivity contribution in [2.45, 2.75) is 6.42 Å². The van der Waals surface area contributed by atoms with Crippen LogP contribution >= 0.6 is 0 Å². The highest BCUT2D eigenvalue weighted by atomic mass is 32.2. The van der Waals surface area contributed by atoms with E-state index in [4.69, 9.17) is 14.6 Å². The molecule has 0 bridgehead atoms. The normalized spacial score (nSPS) is 11.7. The first kappa shape index (κ1) is 23.2. The average Bonchev–Trinajstić information content (AvgIpc) is 2.83. The number of pyridine rings is 1. The van der Waals surface area contributed by atoms with Gasteiger partial charge >= 0.3 is 5.97 Å². The molecule has 4 rings (SSSR count). The van der Waals surface area contributed by atoms with E-state index in [1.54, 1.807) is 60.8 Å². The molecule has 1 heterocycles. The van der Waals surface area contributed by atoms with Crippen LogP contribution in [0.2, 0.25) is 0 Å². The molecule has 0 fully saturated rings. The Morgan fingerprint density at radius 2 is 1.65 bits per heavy atom. The number of carboxylic acid groups (broad SMARTS) is 1. The van der Waals surface area contributed by atoms with Crippen molar-refractivity contribution >= 4 is 39.5 Å². The lowest BCUT2D eigenvalue weighted by Gasteiger charge is -2.21. The molecule has 0 saturated carbocycles. The molecule has 3 aromatic carbocycles. The van der Waals surface area contributed by atoms with E-state index in [0.717, 1.165) is 5.39 Å². The highest BCUT2D eigenvalue weighted by molar-refractivity contribution is 7.81. The largest absolute Gasteiger partial charge is 0.490 e.